The summed E-state index contributed by atoms with van der Waals surface area (Å²) in [6, 6.07) is 17.6. The van der Waals surface area contributed by atoms with Gasteiger partial charge in [-0.3, -0.25) is 0 Å². The van der Waals surface area contributed by atoms with Crippen LogP contribution in [0.2, 0.25) is 0 Å². The molecule has 2 unspecified atom stereocenters. The molecule has 2 aliphatic heterocycles. The van der Waals surface area contributed by atoms with Crippen LogP contribution in [0.15, 0.2) is 53.4 Å². The standard InChI is InChI=1S/C11H14S2.C10H12S2/c1-8(2)11-10-6-4-3-5-9(10)7-12-13-11;1-7(2)10-8-5-3-4-6-9(8)11-12-10/h3-6,8,11H,7H2,1-2H3;3-7,10H,1-2H3. The molecule has 0 saturated carbocycles. The lowest BCUT2D eigenvalue weighted by Gasteiger charge is -2.26. The first-order chi connectivity index (χ1) is 12.1. The van der Waals surface area contributed by atoms with E-state index < -0.39 is 0 Å². The van der Waals surface area contributed by atoms with Crippen molar-refractivity contribution in [2.24, 2.45) is 11.8 Å². The van der Waals surface area contributed by atoms with Gasteiger partial charge in [0.15, 0.2) is 0 Å². The SMILES string of the molecule is CC(C)C1SSCc2ccccc21.CC(C)C1SSc2ccccc21. The third-order valence-electron chi connectivity index (χ3n) is 4.43. The number of benzene rings is 2. The molecule has 134 valence electrons. The molecule has 25 heavy (non-hydrogen) atoms. The van der Waals surface area contributed by atoms with Crippen LogP contribution in [0.5, 0.6) is 0 Å². The normalized spacial score (nSPS) is 21.5. The monoisotopic (exact) mass is 406 g/mol. The summed E-state index contributed by atoms with van der Waals surface area (Å²) in [5.41, 5.74) is 4.62. The van der Waals surface area contributed by atoms with E-state index >= 15 is 0 Å². The maximum absolute atomic E-state index is 2.31. The highest BCUT2D eigenvalue weighted by Gasteiger charge is 2.26. The van der Waals surface area contributed by atoms with Gasteiger partial charge in [-0.05, 0) is 34.6 Å². The molecular formula is C21H26S4. The highest BCUT2D eigenvalue weighted by Crippen LogP contribution is 2.55. The first-order valence-corrected chi connectivity index (χ1v) is 13.5. The van der Waals surface area contributed by atoms with E-state index in [0.717, 1.165) is 11.8 Å². The van der Waals surface area contributed by atoms with Crippen LogP contribution < -0.4 is 0 Å². The van der Waals surface area contributed by atoms with E-state index in [-0.39, 0.29) is 0 Å². The second kappa shape index (κ2) is 9.16. The third-order valence-corrected chi connectivity index (χ3v) is 10.5. The summed E-state index contributed by atoms with van der Waals surface area (Å²) in [6.07, 6.45) is 0. The van der Waals surface area contributed by atoms with Gasteiger partial charge < -0.3 is 0 Å². The van der Waals surface area contributed by atoms with Crippen molar-refractivity contribution >= 4 is 43.2 Å². The van der Waals surface area contributed by atoms with E-state index in [1.165, 1.54) is 21.8 Å². The van der Waals surface area contributed by atoms with Gasteiger partial charge in [-0.1, -0.05) is 113 Å². The van der Waals surface area contributed by atoms with Gasteiger partial charge >= 0.3 is 0 Å². The number of hydrogen-bond donors (Lipinski definition) is 0. The summed E-state index contributed by atoms with van der Waals surface area (Å²) in [7, 11) is 7.94. The molecule has 0 radical (unpaired) electrons. The van der Waals surface area contributed by atoms with Crippen molar-refractivity contribution in [1.82, 2.24) is 0 Å². The fraction of sp³-hybridized carbons (Fsp3) is 0.429. The quantitative estimate of drug-likeness (QED) is 0.459. The Morgan fingerprint density at radius 2 is 1.36 bits per heavy atom. The summed E-state index contributed by atoms with van der Waals surface area (Å²) in [5.74, 6) is 2.65. The molecule has 0 N–H and O–H groups in total. The third kappa shape index (κ3) is 4.77. The highest BCUT2D eigenvalue weighted by molar-refractivity contribution is 8.77. The summed E-state index contributed by atoms with van der Waals surface area (Å²) in [6.45, 7) is 9.20. The zero-order valence-electron chi connectivity index (χ0n) is 15.3. The van der Waals surface area contributed by atoms with Gasteiger partial charge in [-0.2, -0.15) is 0 Å². The summed E-state index contributed by atoms with van der Waals surface area (Å²) < 4.78 is 0. The topological polar surface area (TPSA) is 0 Å². The van der Waals surface area contributed by atoms with Gasteiger partial charge in [0.1, 0.15) is 0 Å². The molecule has 0 amide bonds. The average Bonchev–Trinajstić information content (AvgIpc) is 3.06. The van der Waals surface area contributed by atoms with E-state index in [9.17, 15) is 0 Å². The van der Waals surface area contributed by atoms with Crippen LogP contribution >= 0.6 is 43.2 Å². The van der Waals surface area contributed by atoms with Crippen LogP contribution in [0.3, 0.4) is 0 Å². The maximum atomic E-state index is 2.31. The molecule has 0 aliphatic carbocycles. The number of rotatable bonds is 2. The largest absolute Gasteiger partial charge is 0.0887 e. The highest BCUT2D eigenvalue weighted by atomic mass is 33.1. The molecule has 2 aromatic rings. The first-order valence-electron chi connectivity index (χ1n) is 8.86. The molecule has 2 heterocycles. The minimum Gasteiger partial charge on any atom is -0.0887 e. The van der Waals surface area contributed by atoms with Crippen molar-refractivity contribution in [3.05, 3.63) is 65.2 Å². The second-order valence-corrected chi connectivity index (χ2v) is 12.0. The molecule has 0 saturated heterocycles. The van der Waals surface area contributed by atoms with Crippen LogP contribution in [0, 0.1) is 11.8 Å². The first kappa shape index (κ1) is 19.6. The van der Waals surface area contributed by atoms with Crippen LogP contribution in [0.4, 0.5) is 0 Å². The number of fused-ring (bicyclic) bond motifs is 2. The van der Waals surface area contributed by atoms with E-state index in [2.05, 4.69) is 76.2 Å². The van der Waals surface area contributed by atoms with Crippen molar-refractivity contribution in [1.29, 1.82) is 0 Å². The lowest BCUT2D eigenvalue weighted by molar-refractivity contribution is 0.630. The average molecular weight is 407 g/mol. The Bertz CT molecular complexity index is 696. The van der Waals surface area contributed by atoms with Gasteiger partial charge in [0.25, 0.3) is 0 Å². The Morgan fingerprint density at radius 3 is 2.08 bits per heavy atom. The van der Waals surface area contributed by atoms with Crippen molar-refractivity contribution in [3.63, 3.8) is 0 Å². The Balaban J connectivity index is 0.000000146. The second-order valence-electron chi connectivity index (χ2n) is 7.10. The van der Waals surface area contributed by atoms with E-state index in [0.29, 0.717) is 10.5 Å². The van der Waals surface area contributed by atoms with Crippen molar-refractivity contribution < 1.29 is 0 Å². The predicted molar refractivity (Wildman–Crippen MR) is 120 cm³/mol. The lowest BCUT2D eigenvalue weighted by atomic mass is 9.98. The maximum Gasteiger partial charge on any atom is 0.0438 e. The minimum atomic E-state index is 0.690. The van der Waals surface area contributed by atoms with E-state index in [1.807, 2.05) is 43.2 Å². The minimum absolute atomic E-state index is 0.690. The zero-order valence-corrected chi connectivity index (χ0v) is 18.5. The molecular weight excluding hydrogens is 380 g/mol. The molecule has 2 aromatic carbocycles. The van der Waals surface area contributed by atoms with E-state index in [1.54, 1.807) is 5.56 Å². The van der Waals surface area contributed by atoms with Crippen LogP contribution in [0.1, 0.15) is 54.9 Å². The summed E-state index contributed by atoms with van der Waals surface area (Å²) in [5, 5.41) is 1.39. The smallest absolute Gasteiger partial charge is 0.0438 e. The fourth-order valence-corrected chi connectivity index (χ4v) is 9.51. The Kier molecular flexibility index (Phi) is 7.18. The number of hydrogen-bond acceptors (Lipinski definition) is 4. The molecule has 0 aromatic heterocycles. The molecule has 0 spiro atoms. The van der Waals surface area contributed by atoms with Gasteiger partial charge in [0, 0.05) is 21.1 Å². The Morgan fingerprint density at radius 1 is 0.760 bits per heavy atom. The van der Waals surface area contributed by atoms with E-state index in [4.69, 9.17) is 0 Å². The van der Waals surface area contributed by atoms with Crippen LogP contribution in [-0.4, -0.2) is 0 Å². The molecule has 4 rings (SSSR count). The lowest BCUT2D eigenvalue weighted by Crippen LogP contribution is -2.07. The Labute approximate surface area is 168 Å². The molecule has 0 nitrogen and oxygen atoms in total. The van der Waals surface area contributed by atoms with Crippen molar-refractivity contribution in [3.8, 4) is 0 Å². The van der Waals surface area contributed by atoms with Crippen LogP contribution in [0.25, 0.3) is 0 Å². The van der Waals surface area contributed by atoms with Gasteiger partial charge in [-0.15, -0.1) is 0 Å². The summed E-state index contributed by atoms with van der Waals surface area (Å²) >= 11 is 0. The predicted octanol–water partition coefficient (Wildman–Crippen LogP) is 8.42. The molecule has 0 bridgehead atoms. The van der Waals surface area contributed by atoms with Gasteiger partial charge in [-0.25, -0.2) is 0 Å². The van der Waals surface area contributed by atoms with Gasteiger partial charge in [0.05, 0.1) is 0 Å². The summed E-state index contributed by atoms with van der Waals surface area (Å²) in [4.78, 5) is 1.46. The Hall–Kier alpha value is -0.160. The molecule has 2 atom stereocenters. The van der Waals surface area contributed by atoms with Crippen LogP contribution in [-0.2, 0) is 5.75 Å². The van der Waals surface area contributed by atoms with Gasteiger partial charge in [0.2, 0.25) is 0 Å². The van der Waals surface area contributed by atoms with Crippen molar-refractivity contribution in [2.45, 2.75) is 48.8 Å². The molecule has 4 heteroatoms. The zero-order chi connectivity index (χ0) is 17.8. The van der Waals surface area contributed by atoms with Crippen molar-refractivity contribution in [2.75, 3.05) is 0 Å². The molecule has 2 aliphatic rings. The fourth-order valence-electron chi connectivity index (χ4n) is 3.05. The molecule has 0 fully saturated rings.